The molecular weight excluding hydrogens is 146 g/mol. The molecule has 0 spiro atoms. The van der Waals surface area contributed by atoms with Gasteiger partial charge in [0.2, 0.25) is 0 Å². The van der Waals surface area contributed by atoms with E-state index in [2.05, 4.69) is 11.8 Å². The second-order valence-corrected chi connectivity index (χ2v) is 5.02. The lowest BCUT2D eigenvalue weighted by atomic mass is 9.87. The lowest BCUT2D eigenvalue weighted by molar-refractivity contribution is 0.0750. The van der Waals surface area contributed by atoms with Crippen molar-refractivity contribution in [1.29, 1.82) is 0 Å². The van der Waals surface area contributed by atoms with Gasteiger partial charge in [0.1, 0.15) is 0 Å². The Morgan fingerprint density at radius 3 is 2.83 bits per heavy atom. The van der Waals surface area contributed by atoms with Crippen molar-refractivity contribution < 1.29 is 0 Å². The van der Waals surface area contributed by atoms with Gasteiger partial charge in [-0.2, -0.15) is 0 Å². The lowest BCUT2D eigenvalue weighted by Crippen LogP contribution is -2.47. The van der Waals surface area contributed by atoms with Crippen molar-refractivity contribution in [3.63, 3.8) is 0 Å². The zero-order valence-corrected chi connectivity index (χ0v) is 8.00. The highest BCUT2D eigenvalue weighted by Crippen LogP contribution is 2.47. The standard InChI is InChI=1S/C11H19N/c1-8-9-4-5-10(7-9)11-3-2-6-12(8)11/h8-11H,2-7H2,1H3. The summed E-state index contributed by atoms with van der Waals surface area (Å²) in [6.07, 6.45) is 7.59. The van der Waals surface area contributed by atoms with Crippen molar-refractivity contribution in [2.45, 2.75) is 51.1 Å². The van der Waals surface area contributed by atoms with Gasteiger partial charge >= 0.3 is 0 Å². The summed E-state index contributed by atoms with van der Waals surface area (Å²) in [5, 5.41) is 0. The molecule has 0 aromatic rings. The summed E-state index contributed by atoms with van der Waals surface area (Å²) in [5.41, 5.74) is 0. The molecule has 1 nitrogen and oxygen atoms in total. The van der Waals surface area contributed by atoms with Crippen molar-refractivity contribution in [3.05, 3.63) is 0 Å². The molecule has 2 saturated heterocycles. The van der Waals surface area contributed by atoms with Crippen LogP contribution in [0.1, 0.15) is 39.0 Å². The summed E-state index contributed by atoms with van der Waals surface area (Å²) in [6, 6.07) is 1.91. The molecule has 0 aromatic carbocycles. The number of rotatable bonds is 0. The van der Waals surface area contributed by atoms with E-state index in [4.69, 9.17) is 0 Å². The van der Waals surface area contributed by atoms with Crippen molar-refractivity contribution in [2.24, 2.45) is 11.8 Å². The Balaban J connectivity index is 1.89. The van der Waals surface area contributed by atoms with Gasteiger partial charge in [-0.25, -0.2) is 0 Å². The Morgan fingerprint density at radius 2 is 1.92 bits per heavy atom. The maximum Gasteiger partial charge on any atom is 0.0127 e. The molecule has 0 N–H and O–H groups in total. The van der Waals surface area contributed by atoms with E-state index in [1.165, 1.54) is 32.2 Å². The number of hydrogen-bond donors (Lipinski definition) is 0. The van der Waals surface area contributed by atoms with Crippen molar-refractivity contribution in [2.75, 3.05) is 6.54 Å². The molecule has 4 atom stereocenters. The van der Waals surface area contributed by atoms with Gasteiger partial charge in [-0.15, -0.1) is 0 Å². The summed E-state index contributed by atoms with van der Waals surface area (Å²) >= 11 is 0. The normalized spacial score (nSPS) is 52.8. The quantitative estimate of drug-likeness (QED) is 0.532. The highest BCUT2D eigenvalue weighted by Gasteiger charge is 2.46. The first-order valence-electron chi connectivity index (χ1n) is 5.62. The third-order valence-corrected chi connectivity index (χ3v) is 4.61. The molecule has 2 heterocycles. The van der Waals surface area contributed by atoms with E-state index in [1.54, 1.807) is 6.42 Å². The van der Waals surface area contributed by atoms with E-state index < -0.39 is 0 Å². The molecule has 4 unspecified atom stereocenters. The summed E-state index contributed by atoms with van der Waals surface area (Å²) in [5.74, 6) is 2.15. The van der Waals surface area contributed by atoms with Crippen LogP contribution in [-0.4, -0.2) is 23.5 Å². The summed E-state index contributed by atoms with van der Waals surface area (Å²) in [6.45, 7) is 3.86. The molecule has 2 aliphatic heterocycles. The maximum absolute atomic E-state index is 2.81. The minimum atomic E-state index is 0.913. The molecule has 3 aliphatic rings. The van der Waals surface area contributed by atoms with Gasteiger partial charge in [-0.3, -0.25) is 4.90 Å². The average Bonchev–Trinajstić information content (AvgIpc) is 2.69. The average molecular weight is 165 g/mol. The smallest absolute Gasteiger partial charge is 0.0127 e. The van der Waals surface area contributed by atoms with Gasteiger partial charge in [0.25, 0.3) is 0 Å². The molecule has 1 aliphatic carbocycles. The van der Waals surface area contributed by atoms with Crippen LogP contribution in [0.25, 0.3) is 0 Å². The Morgan fingerprint density at radius 1 is 1.08 bits per heavy atom. The fourth-order valence-corrected chi connectivity index (χ4v) is 3.94. The fourth-order valence-electron chi connectivity index (χ4n) is 3.94. The number of hydrogen-bond acceptors (Lipinski definition) is 1. The van der Waals surface area contributed by atoms with Crippen LogP contribution in [0, 0.1) is 11.8 Å². The molecule has 3 fully saturated rings. The Hall–Kier alpha value is -0.0400. The maximum atomic E-state index is 2.81. The Labute approximate surface area is 75.1 Å². The predicted octanol–water partition coefficient (Wildman–Crippen LogP) is 2.27. The second kappa shape index (κ2) is 2.47. The van der Waals surface area contributed by atoms with Crippen LogP contribution in [0.4, 0.5) is 0 Å². The molecule has 1 saturated carbocycles. The molecule has 12 heavy (non-hydrogen) atoms. The van der Waals surface area contributed by atoms with Gasteiger partial charge in [0.05, 0.1) is 0 Å². The highest BCUT2D eigenvalue weighted by molar-refractivity contribution is 4.99. The van der Waals surface area contributed by atoms with Crippen LogP contribution >= 0.6 is 0 Å². The minimum Gasteiger partial charge on any atom is -0.297 e. The van der Waals surface area contributed by atoms with Crippen LogP contribution < -0.4 is 0 Å². The van der Waals surface area contributed by atoms with E-state index in [0.717, 1.165) is 23.9 Å². The van der Waals surface area contributed by atoms with Crippen LogP contribution in [0.2, 0.25) is 0 Å². The first-order valence-corrected chi connectivity index (χ1v) is 5.62. The van der Waals surface area contributed by atoms with Crippen LogP contribution in [0.3, 0.4) is 0 Å². The zero-order chi connectivity index (χ0) is 8.13. The largest absolute Gasteiger partial charge is 0.297 e. The van der Waals surface area contributed by atoms with Crippen molar-refractivity contribution in [3.8, 4) is 0 Å². The van der Waals surface area contributed by atoms with E-state index >= 15 is 0 Å². The molecule has 3 rings (SSSR count). The van der Waals surface area contributed by atoms with Gasteiger partial charge in [0.15, 0.2) is 0 Å². The predicted molar refractivity (Wildman–Crippen MR) is 50.0 cm³/mol. The molecule has 0 radical (unpaired) electrons. The van der Waals surface area contributed by atoms with Gasteiger partial charge < -0.3 is 0 Å². The second-order valence-electron chi connectivity index (χ2n) is 5.02. The monoisotopic (exact) mass is 165 g/mol. The minimum absolute atomic E-state index is 0.913. The third-order valence-electron chi connectivity index (χ3n) is 4.61. The Kier molecular flexibility index (Phi) is 1.52. The molecule has 0 amide bonds. The molecule has 0 aromatic heterocycles. The van der Waals surface area contributed by atoms with Gasteiger partial charge in [0, 0.05) is 12.1 Å². The SMILES string of the molecule is CC1C2CCC(C2)C2CCCN12. The lowest BCUT2D eigenvalue weighted by Gasteiger charge is -2.40. The van der Waals surface area contributed by atoms with E-state index in [1.807, 2.05) is 0 Å². The van der Waals surface area contributed by atoms with Gasteiger partial charge in [-0.1, -0.05) is 0 Å². The number of nitrogens with zero attached hydrogens (tertiary/aromatic N) is 1. The van der Waals surface area contributed by atoms with Crippen molar-refractivity contribution >= 4 is 0 Å². The van der Waals surface area contributed by atoms with Crippen LogP contribution in [0.5, 0.6) is 0 Å². The number of piperidine rings is 1. The fraction of sp³-hybridized carbons (Fsp3) is 1.00. The summed E-state index contributed by atoms with van der Waals surface area (Å²) in [7, 11) is 0. The van der Waals surface area contributed by atoms with E-state index in [-0.39, 0.29) is 0 Å². The van der Waals surface area contributed by atoms with Crippen LogP contribution in [0.15, 0.2) is 0 Å². The third kappa shape index (κ3) is 0.834. The molecular formula is C11H19N. The van der Waals surface area contributed by atoms with Crippen molar-refractivity contribution in [1.82, 2.24) is 4.90 Å². The summed E-state index contributed by atoms with van der Waals surface area (Å²) in [4.78, 5) is 2.81. The van der Waals surface area contributed by atoms with E-state index in [9.17, 15) is 0 Å². The van der Waals surface area contributed by atoms with Crippen LogP contribution in [-0.2, 0) is 0 Å². The summed E-state index contributed by atoms with van der Waals surface area (Å²) < 4.78 is 0. The highest BCUT2D eigenvalue weighted by atomic mass is 15.2. The Bertz CT molecular complexity index is 185. The van der Waals surface area contributed by atoms with Gasteiger partial charge in [-0.05, 0) is 57.4 Å². The number of fused-ring (bicyclic) bond motifs is 4. The topological polar surface area (TPSA) is 3.24 Å². The molecule has 68 valence electrons. The first-order chi connectivity index (χ1) is 5.86. The zero-order valence-electron chi connectivity index (χ0n) is 8.00. The molecule has 2 bridgehead atoms. The van der Waals surface area contributed by atoms with E-state index in [0.29, 0.717) is 0 Å². The first kappa shape index (κ1) is 7.37. The molecule has 1 heteroatoms.